The van der Waals surface area contributed by atoms with E-state index in [-0.39, 0.29) is 27.9 Å². The zero-order chi connectivity index (χ0) is 35.6. The lowest BCUT2D eigenvalue weighted by Crippen LogP contribution is -2.68. The first-order valence-electron chi connectivity index (χ1n) is 17.1. The van der Waals surface area contributed by atoms with Crippen LogP contribution in [0, 0.1) is 6.92 Å². The number of aryl methyl sites for hydroxylation is 1. The van der Waals surface area contributed by atoms with Crippen molar-refractivity contribution >= 4 is 38.7 Å². The monoisotopic (exact) mass is 697 g/mol. The molecule has 49 heavy (non-hydrogen) atoms. The molecule has 0 radical (unpaired) electrons. The Morgan fingerprint density at radius 2 is 1.41 bits per heavy atom. The van der Waals surface area contributed by atoms with Gasteiger partial charge in [-0.25, -0.2) is 4.79 Å². The molecule has 1 saturated heterocycles. The van der Waals surface area contributed by atoms with Gasteiger partial charge in [0.05, 0.1) is 12.7 Å². The van der Waals surface area contributed by atoms with Gasteiger partial charge in [-0.1, -0.05) is 120 Å². The van der Waals surface area contributed by atoms with Gasteiger partial charge in [-0.15, -0.1) is 0 Å². The Morgan fingerprint density at radius 3 is 1.92 bits per heavy atom. The molecule has 260 valence electrons. The van der Waals surface area contributed by atoms with Gasteiger partial charge in [0.1, 0.15) is 18.1 Å². The molecule has 3 atom stereocenters. The lowest BCUT2D eigenvalue weighted by molar-refractivity contribution is -0.0407. The SMILES string of the molecule is Cc1cn([C@H]2C[C@H](O[Si](c3ccccc3)(c3ccccc3)C(C)(C)C)[C@@H](CO[Si](C)(C)C(C)(C)C)O2)c(=O)nc1NC(=O)c1ccccc1. The number of hydrogen-bond acceptors (Lipinski definition) is 6. The molecule has 0 saturated carbocycles. The first-order valence-corrected chi connectivity index (χ1v) is 21.9. The van der Waals surface area contributed by atoms with Crippen LogP contribution < -0.4 is 21.4 Å². The van der Waals surface area contributed by atoms with Crippen molar-refractivity contribution in [2.45, 2.75) is 96.5 Å². The average Bonchev–Trinajstić information content (AvgIpc) is 3.46. The van der Waals surface area contributed by atoms with Crippen molar-refractivity contribution in [3.05, 3.63) is 119 Å². The summed E-state index contributed by atoms with van der Waals surface area (Å²) in [6.07, 6.45) is 0.731. The number of ether oxygens (including phenoxy) is 1. The van der Waals surface area contributed by atoms with E-state index < -0.39 is 34.7 Å². The number of hydrogen-bond donors (Lipinski definition) is 1. The molecule has 1 amide bonds. The number of nitrogens with one attached hydrogen (secondary N) is 1. The molecule has 8 nitrogen and oxygen atoms in total. The summed E-state index contributed by atoms with van der Waals surface area (Å²) in [7, 11) is -5.10. The lowest BCUT2D eigenvalue weighted by atomic mass is 10.2. The highest BCUT2D eigenvalue weighted by Crippen LogP contribution is 2.42. The Morgan fingerprint density at radius 1 is 0.878 bits per heavy atom. The average molecular weight is 698 g/mol. The van der Waals surface area contributed by atoms with Crippen molar-refractivity contribution < 1.29 is 18.4 Å². The van der Waals surface area contributed by atoms with E-state index >= 15 is 0 Å². The van der Waals surface area contributed by atoms with Gasteiger partial charge < -0.3 is 18.9 Å². The van der Waals surface area contributed by atoms with Crippen LogP contribution in [0.25, 0.3) is 0 Å². The highest BCUT2D eigenvalue weighted by atomic mass is 28.4. The Bertz CT molecular complexity index is 1750. The van der Waals surface area contributed by atoms with Gasteiger partial charge in [0.15, 0.2) is 8.32 Å². The van der Waals surface area contributed by atoms with E-state index in [0.29, 0.717) is 24.2 Å². The topological polar surface area (TPSA) is 91.7 Å². The molecular formula is C39H51N3O5Si2. The van der Waals surface area contributed by atoms with Crippen molar-refractivity contribution in [1.29, 1.82) is 0 Å². The van der Waals surface area contributed by atoms with Gasteiger partial charge in [0.2, 0.25) is 0 Å². The summed E-state index contributed by atoms with van der Waals surface area (Å²) in [6, 6.07) is 30.0. The van der Waals surface area contributed by atoms with Crippen molar-refractivity contribution in [2.24, 2.45) is 0 Å². The quantitative estimate of drug-likeness (QED) is 0.179. The normalized spacial score (nSPS) is 18.8. The predicted octanol–water partition coefficient (Wildman–Crippen LogP) is 7.06. The molecule has 0 bridgehead atoms. The molecule has 0 unspecified atom stereocenters. The third kappa shape index (κ3) is 7.73. The third-order valence-corrected chi connectivity index (χ3v) is 19.6. The fourth-order valence-corrected chi connectivity index (χ4v) is 12.0. The Hall–Kier alpha value is -3.68. The molecule has 0 spiro atoms. The van der Waals surface area contributed by atoms with E-state index in [1.165, 1.54) is 14.9 Å². The van der Waals surface area contributed by atoms with E-state index in [1.807, 2.05) is 25.1 Å². The van der Waals surface area contributed by atoms with Crippen LogP contribution in [0.4, 0.5) is 5.82 Å². The number of rotatable bonds is 10. The van der Waals surface area contributed by atoms with Crippen LogP contribution in [0.1, 0.15) is 70.1 Å². The summed E-state index contributed by atoms with van der Waals surface area (Å²) in [4.78, 5) is 30.8. The van der Waals surface area contributed by atoms with E-state index in [9.17, 15) is 9.59 Å². The molecule has 4 aromatic rings. The fourth-order valence-electron chi connectivity index (χ4n) is 6.24. The molecule has 2 heterocycles. The van der Waals surface area contributed by atoms with E-state index in [4.69, 9.17) is 13.6 Å². The molecule has 1 N–H and O–H groups in total. The molecule has 3 aromatic carbocycles. The van der Waals surface area contributed by atoms with Crippen molar-refractivity contribution in [2.75, 3.05) is 11.9 Å². The van der Waals surface area contributed by atoms with Crippen LogP contribution in [0.5, 0.6) is 0 Å². The zero-order valence-corrected chi connectivity index (χ0v) is 32.3. The fraction of sp³-hybridized carbons (Fsp3) is 0.410. The molecule has 1 aliphatic rings. The maximum absolute atomic E-state index is 13.6. The van der Waals surface area contributed by atoms with Crippen LogP contribution in [0.15, 0.2) is 102 Å². The minimum atomic E-state index is -2.96. The first-order chi connectivity index (χ1) is 23.0. The third-order valence-electron chi connectivity index (χ3n) is 10.1. The second-order valence-corrected chi connectivity index (χ2v) is 24.6. The predicted molar refractivity (Wildman–Crippen MR) is 202 cm³/mol. The molecule has 5 rings (SSSR count). The summed E-state index contributed by atoms with van der Waals surface area (Å²) in [6.45, 7) is 20.1. The van der Waals surface area contributed by atoms with E-state index in [0.717, 1.165) is 0 Å². The van der Waals surface area contributed by atoms with Crippen LogP contribution in [0.2, 0.25) is 23.2 Å². The second kappa shape index (κ2) is 14.3. The zero-order valence-electron chi connectivity index (χ0n) is 30.3. The minimum Gasteiger partial charge on any atom is -0.414 e. The maximum atomic E-state index is 13.6. The summed E-state index contributed by atoms with van der Waals surface area (Å²) in [5, 5.41) is 4.92. The van der Waals surface area contributed by atoms with Gasteiger partial charge in [0, 0.05) is 23.7 Å². The number of benzene rings is 3. The number of nitrogens with zero attached hydrogens (tertiary/aromatic N) is 2. The van der Waals surface area contributed by atoms with Gasteiger partial charge >= 0.3 is 5.69 Å². The Balaban J connectivity index is 1.53. The number of carbonyl (C=O) groups excluding carboxylic acids is 1. The molecule has 1 fully saturated rings. The number of aromatic nitrogens is 2. The van der Waals surface area contributed by atoms with Gasteiger partial charge in [-0.05, 0) is 52.6 Å². The van der Waals surface area contributed by atoms with Gasteiger partial charge in [0.25, 0.3) is 14.2 Å². The highest BCUT2D eigenvalue weighted by Gasteiger charge is 2.54. The summed E-state index contributed by atoms with van der Waals surface area (Å²) in [5.74, 6) is -0.0990. The molecular weight excluding hydrogens is 647 g/mol. The maximum Gasteiger partial charge on any atom is 0.351 e. The van der Waals surface area contributed by atoms with E-state index in [1.54, 1.807) is 30.5 Å². The number of carbonyl (C=O) groups is 1. The van der Waals surface area contributed by atoms with Crippen LogP contribution in [-0.2, 0) is 13.6 Å². The van der Waals surface area contributed by atoms with Crippen LogP contribution in [0.3, 0.4) is 0 Å². The summed E-state index contributed by atoms with van der Waals surface area (Å²) in [5.41, 5.74) is 0.631. The molecule has 1 aliphatic heterocycles. The van der Waals surface area contributed by atoms with Gasteiger partial charge in [-0.3, -0.25) is 9.36 Å². The van der Waals surface area contributed by atoms with Crippen molar-refractivity contribution in [3.8, 4) is 0 Å². The summed E-state index contributed by atoms with van der Waals surface area (Å²) < 4.78 is 22.6. The van der Waals surface area contributed by atoms with Crippen LogP contribution in [-0.4, -0.2) is 50.9 Å². The van der Waals surface area contributed by atoms with Crippen LogP contribution >= 0.6 is 0 Å². The number of amides is 1. The summed E-state index contributed by atoms with van der Waals surface area (Å²) >= 11 is 0. The Kier molecular flexibility index (Phi) is 10.7. The molecule has 0 aliphatic carbocycles. The standard InChI is InChI=1S/C39H51N3O5Si2/c1-28-26-42(37(44)41-35(28)40-36(43)29-19-13-10-14-20-29)34-25-32(33(46-34)27-45-48(8,9)38(2,3)4)47-49(39(5,6)7,30-21-15-11-16-22-30)31-23-17-12-18-24-31/h10-24,26,32-34H,25,27H2,1-9H3,(H,40,41,43,44)/t32-,33+,34+/m0/s1. The number of anilines is 1. The van der Waals surface area contributed by atoms with Crippen molar-refractivity contribution in [1.82, 2.24) is 9.55 Å². The highest BCUT2D eigenvalue weighted by molar-refractivity contribution is 6.99. The molecule has 10 heteroatoms. The second-order valence-electron chi connectivity index (χ2n) is 15.5. The minimum absolute atomic E-state index is 0.0113. The van der Waals surface area contributed by atoms with Crippen molar-refractivity contribution in [3.63, 3.8) is 0 Å². The molecule has 1 aromatic heterocycles. The largest absolute Gasteiger partial charge is 0.414 e. The smallest absolute Gasteiger partial charge is 0.351 e. The Labute approximate surface area is 293 Å². The van der Waals surface area contributed by atoms with E-state index in [2.05, 4.69) is 113 Å². The van der Waals surface area contributed by atoms with Gasteiger partial charge in [-0.2, -0.15) is 4.98 Å². The first kappa shape index (κ1) is 36.6. The lowest BCUT2D eigenvalue weighted by Gasteiger charge is -2.45.